The van der Waals surface area contributed by atoms with Crippen LogP contribution in [0.3, 0.4) is 0 Å². The van der Waals surface area contributed by atoms with E-state index in [1.54, 1.807) is 11.8 Å². The molecule has 0 bridgehead atoms. The number of alkyl halides is 1. The molecule has 0 unspecified atom stereocenters. The van der Waals surface area contributed by atoms with Gasteiger partial charge in [-0.2, -0.15) is 11.8 Å². The highest BCUT2D eigenvalue weighted by Gasteiger charge is 1.94. The summed E-state index contributed by atoms with van der Waals surface area (Å²) in [5.74, 6) is 3.04. The third-order valence-corrected chi connectivity index (χ3v) is 3.98. The van der Waals surface area contributed by atoms with Gasteiger partial charge in [-0.25, -0.2) is 0 Å². The Morgan fingerprint density at radius 3 is 2.50 bits per heavy atom. The van der Waals surface area contributed by atoms with E-state index in [-0.39, 0.29) is 0 Å². The molecule has 1 aromatic rings. The van der Waals surface area contributed by atoms with E-state index in [4.69, 9.17) is 11.6 Å². The van der Waals surface area contributed by atoms with Crippen LogP contribution in [0.5, 0.6) is 0 Å². The fourth-order valence-electron chi connectivity index (χ4n) is 1.07. The first kappa shape index (κ1) is 12.3. The Hall–Kier alpha value is 0.210. The third kappa shape index (κ3) is 4.63. The van der Waals surface area contributed by atoms with Crippen LogP contribution < -0.4 is 0 Å². The molecule has 0 aromatic heterocycles. The Kier molecular flexibility index (Phi) is 6.57. The highest BCUT2D eigenvalue weighted by molar-refractivity contribution is 7.98. The molecular weight excluding hydrogens is 232 g/mol. The molecular formula is C11H15ClS2. The van der Waals surface area contributed by atoms with Crippen molar-refractivity contribution in [3.63, 3.8) is 0 Å². The Labute approximate surface area is 99.8 Å². The van der Waals surface area contributed by atoms with E-state index >= 15 is 0 Å². The maximum Gasteiger partial charge on any atom is 0.0231 e. The molecule has 3 heteroatoms. The summed E-state index contributed by atoms with van der Waals surface area (Å²) in [5.41, 5.74) is 1.40. The molecule has 0 heterocycles. The first-order chi connectivity index (χ1) is 6.86. The van der Waals surface area contributed by atoms with E-state index in [2.05, 4.69) is 30.5 Å². The number of benzene rings is 1. The van der Waals surface area contributed by atoms with E-state index in [1.807, 2.05) is 11.8 Å². The highest BCUT2D eigenvalue weighted by Crippen LogP contribution is 2.18. The van der Waals surface area contributed by atoms with Gasteiger partial charge >= 0.3 is 0 Å². The van der Waals surface area contributed by atoms with Crippen LogP contribution in [0.25, 0.3) is 0 Å². The molecule has 0 aliphatic carbocycles. The zero-order chi connectivity index (χ0) is 10.2. The van der Waals surface area contributed by atoms with Gasteiger partial charge < -0.3 is 0 Å². The molecule has 0 aliphatic heterocycles. The number of hydrogen-bond acceptors (Lipinski definition) is 2. The minimum atomic E-state index is 0.776. The standard InChI is InChI=1S/C11H15ClS2/c1-13-11-5-3-10(4-6-11)9-14-8-2-7-12/h3-6H,2,7-9H2,1H3. The average molecular weight is 247 g/mol. The van der Waals surface area contributed by atoms with Crippen molar-refractivity contribution >= 4 is 35.1 Å². The van der Waals surface area contributed by atoms with Crippen molar-refractivity contribution in [1.29, 1.82) is 0 Å². The topological polar surface area (TPSA) is 0 Å². The summed E-state index contributed by atoms with van der Waals surface area (Å²) in [4.78, 5) is 1.33. The van der Waals surface area contributed by atoms with Crippen LogP contribution in [0, 0.1) is 0 Å². The number of thioether (sulfide) groups is 2. The van der Waals surface area contributed by atoms with Gasteiger partial charge in [-0.3, -0.25) is 0 Å². The van der Waals surface area contributed by atoms with Gasteiger partial charge in [0.25, 0.3) is 0 Å². The predicted octanol–water partition coefficient (Wildman–Crippen LogP) is 4.27. The first-order valence-corrected chi connectivity index (χ1v) is 7.55. The SMILES string of the molecule is CSc1ccc(CSCCCCl)cc1. The number of hydrogen-bond donors (Lipinski definition) is 0. The summed E-state index contributed by atoms with van der Waals surface area (Å²) in [7, 11) is 0. The lowest BCUT2D eigenvalue weighted by atomic mass is 10.2. The molecule has 0 aliphatic rings. The maximum atomic E-state index is 5.61. The van der Waals surface area contributed by atoms with Crippen molar-refractivity contribution in [3.8, 4) is 0 Å². The molecule has 0 radical (unpaired) electrons. The fraction of sp³-hybridized carbons (Fsp3) is 0.455. The van der Waals surface area contributed by atoms with Crippen LogP contribution in [0.2, 0.25) is 0 Å². The minimum absolute atomic E-state index is 0.776. The van der Waals surface area contributed by atoms with Gasteiger partial charge in [-0.15, -0.1) is 23.4 Å². The molecule has 0 amide bonds. The molecule has 0 fully saturated rings. The molecule has 1 rings (SSSR count). The van der Waals surface area contributed by atoms with Crippen molar-refractivity contribution < 1.29 is 0 Å². The van der Waals surface area contributed by atoms with E-state index < -0.39 is 0 Å². The smallest absolute Gasteiger partial charge is 0.0231 e. The van der Waals surface area contributed by atoms with Crippen molar-refractivity contribution in [2.75, 3.05) is 17.9 Å². The van der Waals surface area contributed by atoms with Crippen molar-refractivity contribution in [3.05, 3.63) is 29.8 Å². The van der Waals surface area contributed by atoms with Gasteiger partial charge in [-0.1, -0.05) is 12.1 Å². The molecule has 78 valence electrons. The lowest BCUT2D eigenvalue weighted by Gasteiger charge is -2.02. The normalized spacial score (nSPS) is 10.4. The Balaban J connectivity index is 2.29. The van der Waals surface area contributed by atoms with Crippen LogP contribution in [-0.4, -0.2) is 17.9 Å². The quantitative estimate of drug-likeness (QED) is 0.418. The van der Waals surface area contributed by atoms with Gasteiger partial charge in [0.1, 0.15) is 0 Å². The Morgan fingerprint density at radius 2 is 1.93 bits per heavy atom. The monoisotopic (exact) mass is 246 g/mol. The second-order valence-electron chi connectivity index (χ2n) is 2.94. The molecule has 0 saturated heterocycles. The van der Waals surface area contributed by atoms with E-state index in [1.165, 1.54) is 10.5 Å². The summed E-state index contributed by atoms with van der Waals surface area (Å²) >= 11 is 9.35. The summed E-state index contributed by atoms with van der Waals surface area (Å²) in [6.45, 7) is 0. The summed E-state index contributed by atoms with van der Waals surface area (Å²) in [6.07, 6.45) is 3.21. The molecule has 0 atom stereocenters. The number of halogens is 1. The predicted molar refractivity (Wildman–Crippen MR) is 69.7 cm³/mol. The Morgan fingerprint density at radius 1 is 1.21 bits per heavy atom. The third-order valence-electron chi connectivity index (χ3n) is 1.85. The van der Waals surface area contributed by atoms with E-state index in [0.29, 0.717) is 0 Å². The summed E-state index contributed by atoms with van der Waals surface area (Å²) < 4.78 is 0. The van der Waals surface area contributed by atoms with Crippen LogP contribution in [0.15, 0.2) is 29.2 Å². The largest absolute Gasteiger partial charge is 0.157 e. The summed E-state index contributed by atoms with van der Waals surface area (Å²) in [5, 5.41) is 0. The average Bonchev–Trinajstić information content (AvgIpc) is 2.25. The second kappa shape index (κ2) is 7.49. The lowest BCUT2D eigenvalue weighted by molar-refractivity contribution is 1.11. The van der Waals surface area contributed by atoms with Crippen molar-refractivity contribution in [1.82, 2.24) is 0 Å². The maximum absolute atomic E-state index is 5.61. The van der Waals surface area contributed by atoms with Crippen LogP contribution in [-0.2, 0) is 5.75 Å². The van der Waals surface area contributed by atoms with E-state index in [0.717, 1.165) is 23.8 Å². The van der Waals surface area contributed by atoms with Gasteiger partial charge in [0.2, 0.25) is 0 Å². The molecule has 1 aromatic carbocycles. The van der Waals surface area contributed by atoms with Gasteiger partial charge in [-0.05, 0) is 36.1 Å². The van der Waals surface area contributed by atoms with E-state index in [9.17, 15) is 0 Å². The molecule has 14 heavy (non-hydrogen) atoms. The van der Waals surface area contributed by atoms with Crippen LogP contribution >= 0.6 is 35.1 Å². The van der Waals surface area contributed by atoms with Crippen LogP contribution in [0.4, 0.5) is 0 Å². The summed E-state index contributed by atoms with van der Waals surface area (Å²) in [6, 6.07) is 8.78. The molecule has 0 nitrogen and oxygen atoms in total. The first-order valence-electron chi connectivity index (χ1n) is 4.63. The molecule has 0 spiro atoms. The number of rotatable bonds is 6. The van der Waals surface area contributed by atoms with Gasteiger partial charge in [0.15, 0.2) is 0 Å². The van der Waals surface area contributed by atoms with Gasteiger partial charge in [0, 0.05) is 16.5 Å². The minimum Gasteiger partial charge on any atom is -0.157 e. The highest BCUT2D eigenvalue weighted by atomic mass is 35.5. The van der Waals surface area contributed by atoms with Crippen LogP contribution in [0.1, 0.15) is 12.0 Å². The lowest BCUT2D eigenvalue weighted by Crippen LogP contribution is -1.84. The van der Waals surface area contributed by atoms with Crippen molar-refractivity contribution in [2.24, 2.45) is 0 Å². The second-order valence-corrected chi connectivity index (χ2v) is 5.31. The van der Waals surface area contributed by atoms with Crippen molar-refractivity contribution in [2.45, 2.75) is 17.1 Å². The van der Waals surface area contributed by atoms with Gasteiger partial charge in [0.05, 0.1) is 0 Å². The molecule has 0 N–H and O–H groups in total. The zero-order valence-electron chi connectivity index (χ0n) is 8.33. The molecule has 0 saturated carbocycles. The Bertz CT molecular complexity index is 246. The fourth-order valence-corrected chi connectivity index (χ4v) is 2.69. The zero-order valence-corrected chi connectivity index (χ0v) is 10.7.